The monoisotopic (exact) mass is 370 g/mol. The van der Waals surface area contributed by atoms with Gasteiger partial charge in [-0.1, -0.05) is 40.2 Å². The summed E-state index contributed by atoms with van der Waals surface area (Å²) in [5, 5.41) is 9.28. The third kappa shape index (κ3) is 3.34. The quantitative estimate of drug-likeness (QED) is 0.868. The third-order valence-corrected chi connectivity index (χ3v) is 3.61. The summed E-state index contributed by atoms with van der Waals surface area (Å²) in [6.45, 7) is 0.433. The van der Waals surface area contributed by atoms with E-state index in [0.29, 0.717) is 12.4 Å². The van der Waals surface area contributed by atoms with Crippen LogP contribution in [0.4, 0.5) is 0 Å². The molecule has 0 aliphatic carbocycles. The van der Waals surface area contributed by atoms with Crippen molar-refractivity contribution in [2.75, 3.05) is 0 Å². The van der Waals surface area contributed by atoms with Crippen molar-refractivity contribution in [2.24, 2.45) is 0 Å². The van der Waals surface area contributed by atoms with Crippen LogP contribution in [-0.4, -0.2) is 5.11 Å². The number of para-hydroxylation sites is 1. The van der Waals surface area contributed by atoms with Gasteiger partial charge in [0.25, 0.3) is 0 Å². The molecule has 0 unspecified atom stereocenters. The molecule has 0 spiro atoms. The summed E-state index contributed by atoms with van der Waals surface area (Å²) in [7, 11) is 0. The van der Waals surface area contributed by atoms with Gasteiger partial charge in [-0.05, 0) is 39.7 Å². The molecule has 0 amide bonds. The van der Waals surface area contributed by atoms with Gasteiger partial charge in [0.05, 0.1) is 11.1 Å². The van der Waals surface area contributed by atoms with Gasteiger partial charge in [-0.15, -0.1) is 0 Å². The van der Waals surface area contributed by atoms with Crippen LogP contribution in [0.15, 0.2) is 51.4 Å². The van der Waals surface area contributed by atoms with Crippen molar-refractivity contribution in [3.8, 4) is 5.75 Å². The highest BCUT2D eigenvalue weighted by Gasteiger charge is 2.07. The number of hydrogen-bond acceptors (Lipinski definition) is 2. The molecule has 4 heteroatoms. The van der Waals surface area contributed by atoms with Crippen LogP contribution in [0.5, 0.6) is 5.75 Å². The molecule has 18 heavy (non-hydrogen) atoms. The van der Waals surface area contributed by atoms with E-state index < -0.39 is 0 Å². The molecule has 0 fully saturated rings. The van der Waals surface area contributed by atoms with Gasteiger partial charge >= 0.3 is 0 Å². The maximum absolute atomic E-state index is 9.28. The normalized spacial score (nSPS) is 10.4. The van der Waals surface area contributed by atoms with Crippen molar-refractivity contribution in [3.63, 3.8) is 0 Å². The summed E-state index contributed by atoms with van der Waals surface area (Å²) in [6.07, 6.45) is 0. The molecule has 1 N–H and O–H groups in total. The zero-order chi connectivity index (χ0) is 13.0. The number of ether oxygens (including phenoxy) is 1. The predicted octanol–water partition coefficient (Wildman–Crippen LogP) is 4.28. The number of halogens is 2. The van der Waals surface area contributed by atoms with E-state index in [0.717, 1.165) is 20.1 Å². The Morgan fingerprint density at radius 2 is 1.83 bits per heavy atom. The zero-order valence-corrected chi connectivity index (χ0v) is 12.7. The molecule has 0 saturated carbocycles. The van der Waals surface area contributed by atoms with E-state index in [4.69, 9.17) is 4.74 Å². The van der Waals surface area contributed by atoms with Crippen molar-refractivity contribution >= 4 is 31.9 Å². The number of aliphatic hydroxyl groups excluding tert-OH is 1. The van der Waals surface area contributed by atoms with Crippen molar-refractivity contribution < 1.29 is 9.84 Å². The van der Waals surface area contributed by atoms with Gasteiger partial charge < -0.3 is 9.84 Å². The van der Waals surface area contributed by atoms with Crippen molar-refractivity contribution in [2.45, 2.75) is 13.2 Å². The second-order valence-corrected chi connectivity index (χ2v) is 5.57. The highest BCUT2D eigenvalue weighted by Crippen LogP contribution is 2.30. The Hall–Kier alpha value is -0.840. The van der Waals surface area contributed by atoms with Crippen molar-refractivity contribution in [1.82, 2.24) is 0 Å². The number of benzene rings is 2. The van der Waals surface area contributed by atoms with Crippen LogP contribution in [0.1, 0.15) is 11.1 Å². The lowest BCUT2D eigenvalue weighted by Crippen LogP contribution is -1.99. The second-order valence-electron chi connectivity index (χ2n) is 3.80. The fraction of sp³-hybridized carbons (Fsp3) is 0.143. The topological polar surface area (TPSA) is 29.5 Å². The molecule has 0 bridgehead atoms. The van der Waals surface area contributed by atoms with E-state index in [9.17, 15) is 5.11 Å². The minimum atomic E-state index is -0.0345. The van der Waals surface area contributed by atoms with Gasteiger partial charge in [-0.2, -0.15) is 0 Å². The Bertz CT molecular complexity index is 541. The van der Waals surface area contributed by atoms with Crippen molar-refractivity contribution in [3.05, 3.63) is 62.5 Å². The standard InChI is InChI=1S/C14H12Br2O2/c15-12-5-1-3-10(7-12)9-18-14-11(8-17)4-2-6-13(14)16/h1-7,17H,8-9H2. The van der Waals surface area contributed by atoms with Crippen LogP contribution >= 0.6 is 31.9 Å². The predicted molar refractivity (Wildman–Crippen MR) is 78.5 cm³/mol. The lowest BCUT2D eigenvalue weighted by molar-refractivity contribution is 0.258. The third-order valence-electron chi connectivity index (χ3n) is 2.49. The Balaban J connectivity index is 2.15. The second kappa shape index (κ2) is 6.36. The van der Waals surface area contributed by atoms with Gasteiger partial charge in [-0.3, -0.25) is 0 Å². The molecule has 2 aromatic carbocycles. The smallest absolute Gasteiger partial charge is 0.139 e. The van der Waals surface area contributed by atoms with E-state index in [1.54, 1.807) is 0 Å². The largest absolute Gasteiger partial charge is 0.487 e. The summed E-state index contributed by atoms with van der Waals surface area (Å²) in [6, 6.07) is 13.6. The minimum Gasteiger partial charge on any atom is -0.487 e. The molecule has 0 aromatic heterocycles. The Morgan fingerprint density at radius 1 is 1.06 bits per heavy atom. The van der Waals surface area contributed by atoms with Gasteiger partial charge in [0, 0.05) is 10.0 Å². The maximum Gasteiger partial charge on any atom is 0.139 e. The summed E-state index contributed by atoms with van der Waals surface area (Å²) < 4.78 is 7.65. The molecule has 2 aromatic rings. The molecule has 94 valence electrons. The van der Waals surface area contributed by atoms with Gasteiger partial charge in [0.1, 0.15) is 12.4 Å². The van der Waals surface area contributed by atoms with Gasteiger partial charge in [0.15, 0.2) is 0 Å². The average molecular weight is 372 g/mol. The van der Waals surface area contributed by atoms with Crippen LogP contribution in [0.3, 0.4) is 0 Å². The molecule has 0 saturated heterocycles. The van der Waals surface area contributed by atoms with E-state index in [1.807, 2.05) is 42.5 Å². The van der Waals surface area contributed by atoms with Crippen LogP contribution in [0.2, 0.25) is 0 Å². The van der Waals surface area contributed by atoms with Crippen LogP contribution in [0, 0.1) is 0 Å². The fourth-order valence-electron chi connectivity index (χ4n) is 1.62. The zero-order valence-electron chi connectivity index (χ0n) is 9.57. The molecule has 0 aliphatic heterocycles. The lowest BCUT2D eigenvalue weighted by atomic mass is 10.2. The first kappa shape index (κ1) is 13.6. The molecule has 0 heterocycles. The first-order chi connectivity index (χ1) is 8.70. The molecular weight excluding hydrogens is 360 g/mol. The van der Waals surface area contributed by atoms with E-state index in [2.05, 4.69) is 31.9 Å². The Kier molecular flexibility index (Phi) is 4.80. The molecule has 2 nitrogen and oxygen atoms in total. The molecule has 0 aliphatic rings. The molecule has 2 rings (SSSR count). The van der Waals surface area contributed by atoms with Crippen LogP contribution < -0.4 is 4.74 Å². The minimum absolute atomic E-state index is 0.0345. The van der Waals surface area contributed by atoms with E-state index in [1.165, 1.54) is 0 Å². The number of aliphatic hydroxyl groups is 1. The summed E-state index contributed by atoms with van der Waals surface area (Å²) in [4.78, 5) is 0. The number of rotatable bonds is 4. The van der Waals surface area contributed by atoms with Gasteiger partial charge in [0.2, 0.25) is 0 Å². The summed E-state index contributed by atoms with van der Waals surface area (Å²) in [5.41, 5.74) is 1.85. The van der Waals surface area contributed by atoms with E-state index in [-0.39, 0.29) is 6.61 Å². The summed E-state index contributed by atoms with van der Waals surface area (Å²) >= 11 is 6.86. The first-order valence-corrected chi connectivity index (χ1v) is 7.05. The molecular formula is C14H12Br2O2. The van der Waals surface area contributed by atoms with Crippen molar-refractivity contribution in [1.29, 1.82) is 0 Å². The van der Waals surface area contributed by atoms with E-state index >= 15 is 0 Å². The lowest BCUT2D eigenvalue weighted by Gasteiger charge is -2.12. The van der Waals surface area contributed by atoms with Crippen LogP contribution in [-0.2, 0) is 13.2 Å². The van der Waals surface area contributed by atoms with Gasteiger partial charge in [-0.25, -0.2) is 0 Å². The first-order valence-electron chi connectivity index (χ1n) is 5.46. The maximum atomic E-state index is 9.28. The SMILES string of the molecule is OCc1cccc(Br)c1OCc1cccc(Br)c1. The fourth-order valence-corrected chi connectivity index (χ4v) is 2.59. The average Bonchev–Trinajstić information content (AvgIpc) is 2.37. The molecule has 0 radical (unpaired) electrons. The Labute approximate surface area is 123 Å². The number of hydrogen-bond donors (Lipinski definition) is 1. The molecule has 0 atom stereocenters. The highest BCUT2D eigenvalue weighted by atomic mass is 79.9. The Morgan fingerprint density at radius 3 is 2.56 bits per heavy atom. The summed E-state index contributed by atoms with van der Waals surface area (Å²) in [5.74, 6) is 0.694. The highest BCUT2D eigenvalue weighted by molar-refractivity contribution is 9.10. The van der Waals surface area contributed by atoms with Crippen LogP contribution in [0.25, 0.3) is 0 Å².